The van der Waals surface area contributed by atoms with Crippen LogP contribution in [0.5, 0.6) is 0 Å². The van der Waals surface area contributed by atoms with E-state index in [1.165, 1.54) is 0 Å². The SMILES string of the molecule is C=C/C(=C\C)c1ccc(Cl)cc1. The van der Waals surface area contributed by atoms with Crippen molar-refractivity contribution in [2.45, 2.75) is 6.92 Å². The third kappa shape index (κ3) is 1.99. The van der Waals surface area contributed by atoms with E-state index in [2.05, 4.69) is 6.58 Å². The Kier molecular flexibility index (Phi) is 3.12. The fraction of sp³-hybridized carbons (Fsp3) is 0.0909. The molecule has 0 nitrogen and oxygen atoms in total. The average molecular weight is 179 g/mol. The van der Waals surface area contributed by atoms with E-state index in [0.717, 1.165) is 16.2 Å². The topological polar surface area (TPSA) is 0 Å². The quantitative estimate of drug-likeness (QED) is 0.602. The van der Waals surface area contributed by atoms with Crippen LogP contribution in [0.15, 0.2) is 43.0 Å². The normalized spacial score (nSPS) is 11.3. The second-order valence-electron chi connectivity index (χ2n) is 2.46. The number of hydrogen-bond acceptors (Lipinski definition) is 0. The van der Waals surface area contributed by atoms with Crippen LogP contribution in [0.1, 0.15) is 12.5 Å². The number of hydrogen-bond donors (Lipinski definition) is 0. The Morgan fingerprint density at radius 1 is 1.33 bits per heavy atom. The molecule has 62 valence electrons. The van der Waals surface area contributed by atoms with Crippen molar-refractivity contribution in [2.75, 3.05) is 0 Å². The second kappa shape index (κ2) is 4.13. The summed E-state index contributed by atoms with van der Waals surface area (Å²) >= 11 is 5.76. The van der Waals surface area contributed by atoms with Crippen LogP contribution in [0.2, 0.25) is 5.02 Å². The zero-order chi connectivity index (χ0) is 8.97. The Balaban J connectivity index is 3.04. The lowest BCUT2D eigenvalue weighted by molar-refractivity contribution is 1.60. The lowest BCUT2D eigenvalue weighted by atomic mass is 10.1. The van der Waals surface area contributed by atoms with Gasteiger partial charge in [0.15, 0.2) is 0 Å². The minimum atomic E-state index is 0.762. The summed E-state index contributed by atoms with van der Waals surface area (Å²) in [6, 6.07) is 7.73. The Morgan fingerprint density at radius 3 is 2.33 bits per heavy atom. The minimum Gasteiger partial charge on any atom is -0.0985 e. The van der Waals surface area contributed by atoms with Crippen LogP contribution in [-0.4, -0.2) is 0 Å². The van der Waals surface area contributed by atoms with Crippen LogP contribution in [0.4, 0.5) is 0 Å². The molecule has 0 saturated carbocycles. The molecule has 0 aromatic heterocycles. The molecular formula is C11H11Cl. The van der Waals surface area contributed by atoms with Crippen molar-refractivity contribution in [3.63, 3.8) is 0 Å². The largest absolute Gasteiger partial charge is 0.0985 e. The van der Waals surface area contributed by atoms with Gasteiger partial charge in [0.05, 0.1) is 0 Å². The molecule has 0 bridgehead atoms. The summed E-state index contributed by atoms with van der Waals surface area (Å²) in [5.74, 6) is 0. The van der Waals surface area contributed by atoms with E-state index in [-0.39, 0.29) is 0 Å². The van der Waals surface area contributed by atoms with E-state index < -0.39 is 0 Å². The fourth-order valence-corrected chi connectivity index (χ4v) is 1.17. The van der Waals surface area contributed by atoms with E-state index in [0.29, 0.717) is 0 Å². The molecule has 0 N–H and O–H groups in total. The van der Waals surface area contributed by atoms with Gasteiger partial charge in [0.1, 0.15) is 0 Å². The first-order valence-electron chi connectivity index (χ1n) is 3.82. The summed E-state index contributed by atoms with van der Waals surface area (Å²) in [5.41, 5.74) is 2.28. The van der Waals surface area contributed by atoms with E-state index in [4.69, 9.17) is 11.6 Å². The summed E-state index contributed by atoms with van der Waals surface area (Å²) in [4.78, 5) is 0. The van der Waals surface area contributed by atoms with Gasteiger partial charge in [-0.2, -0.15) is 0 Å². The van der Waals surface area contributed by atoms with Crippen molar-refractivity contribution in [1.82, 2.24) is 0 Å². The Morgan fingerprint density at radius 2 is 1.92 bits per heavy atom. The van der Waals surface area contributed by atoms with Gasteiger partial charge < -0.3 is 0 Å². The molecule has 1 aromatic carbocycles. The Labute approximate surface area is 78.2 Å². The fourth-order valence-electron chi connectivity index (χ4n) is 1.04. The summed E-state index contributed by atoms with van der Waals surface area (Å²) in [6.07, 6.45) is 3.86. The van der Waals surface area contributed by atoms with E-state index in [1.807, 2.05) is 43.3 Å². The molecule has 0 aliphatic heterocycles. The maximum absolute atomic E-state index is 5.76. The molecule has 0 amide bonds. The molecule has 0 spiro atoms. The highest BCUT2D eigenvalue weighted by Crippen LogP contribution is 2.17. The maximum Gasteiger partial charge on any atom is 0.0406 e. The molecule has 0 aliphatic rings. The third-order valence-electron chi connectivity index (χ3n) is 1.71. The molecule has 0 unspecified atom stereocenters. The van der Waals surface area contributed by atoms with Gasteiger partial charge in [-0.15, -0.1) is 0 Å². The van der Waals surface area contributed by atoms with Crippen LogP contribution in [0.3, 0.4) is 0 Å². The molecule has 0 atom stereocenters. The average Bonchev–Trinajstić information content (AvgIpc) is 2.10. The molecule has 0 fully saturated rings. The molecule has 1 aromatic rings. The highest BCUT2D eigenvalue weighted by atomic mass is 35.5. The van der Waals surface area contributed by atoms with Gasteiger partial charge in [0, 0.05) is 5.02 Å². The lowest BCUT2D eigenvalue weighted by Gasteiger charge is -2.00. The molecule has 0 aliphatic carbocycles. The smallest absolute Gasteiger partial charge is 0.0406 e. The lowest BCUT2D eigenvalue weighted by Crippen LogP contribution is -1.78. The molecule has 0 saturated heterocycles. The van der Waals surface area contributed by atoms with Gasteiger partial charge in [-0.3, -0.25) is 0 Å². The molecule has 0 radical (unpaired) electrons. The predicted octanol–water partition coefficient (Wildman–Crippen LogP) is 3.93. The van der Waals surface area contributed by atoms with Gasteiger partial charge in [-0.25, -0.2) is 0 Å². The van der Waals surface area contributed by atoms with Gasteiger partial charge >= 0.3 is 0 Å². The van der Waals surface area contributed by atoms with Crippen LogP contribution < -0.4 is 0 Å². The zero-order valence-corrected chi connectivity index (χ0v) is 7.81. The monoisotopic (exact) mass is 178 g/mol. The molecule has 1 rings (SSSR count). The molecule has 0 heterocycles. The zero-order valence-electron chi connectivity index (χ0n) is 7.05. The minimum absolute atomic E-state index is 0.762. The summed E-state index contributed by atoms with van der Waals surface area (Å²) in [6.45, 7) is 5.72. The summed E-state index contributed by atoms with van der Waals surface area (Å²) in [5, 5.41) is 0.762. The number of rotatable bonds is 2. The van der Waals surface area contributed by atoms with Crippen LogP contribution in [-0.2, 0) is 0 Å². The van der Waals surface area contributed by atoms with Crippen molar-refractivity contribution in [3.8, 4) is 0 Å². The van der Waals surface area contributed by atoms with Gasteiger partial charge in [-0.1, -0.05) is 42.5 Å². The second-order valence-corrected chi connectivity index (χ2v) is 2.89. The Hall–Kier alpha value is -1.01. The van der Waals surface area contributed by atoms with Crippen molar-refractivity contribution >= 4 is 17.2 Å². The van der Waals surface area contributed by atoms with Gasteiger partial charge in [-0.05, 0) is 30.2 Å². The van der Waals surface area contributed by atoms with E-state index >= 15 is 0 Å². The van der Waals surface area contributed by atoms with Gasteiger partial charge in [0.25, 0.3) is 0 Å². The summed E-state index contributed by atoms with van der Waals surface area (Å²) < 4.78 is 0. The van der Waals surface area contributed by atoms with E-state index in [9.17, 15) is 0 Å². The van der Waals surface area contributed by atoms with Crippen LogP contribution in [0.25, 0.3) is 5.57 Å². The third-order valence-corrected chi connectivity index (χ3v) is 1.96. The first kappa shape index (κ1) is 9.08. The van der Waals surface area contributed by atoms with Crippen LogP contribution in [0, 0.1) is 0 Å². The molecule has 1 heteroatoms. The maximum atomic E-state index is 5.76. The first-order valence-corrected chi connectivity index (χ1v) is 4.20. The molecule has 12 heavy (non-hydrogen) atoms. The standard InChI is InChI=1S/C11H11Cl/c1-3-9(4-2)10-5-7-11(12)8-6-10/h3-8H,1H2,2H3/b9-4+. The summed E-state index contributed by atoms with van der Waals surface area (Å²) in [7, 11) is 0. The Bertz CT molecular complexity index is 293. The van der Waals surface area contributed by atoms with Crippen LogP contribution >= 0.6 is 11.6 Å². The van der Waals surface area contributed by atoms with Gasteiger partial charge in [0.2, 0.25) is 0 Å². The van der Waals surface area contributed by atoms with E-state index in [1.54, 1.807) is 0 Å². The van der Waals surface area contributed by atoms with Crippen molar-refractivity contribution in [2.24, 2.45) is 0 Å². The molecular weight excluding hydrogens is 168 g/mol. The highest BCUT2D eigenvalue weighted by Gasteiger charge is 1.94. The van der Waals surface area contributed by atoms with Crippen molar-refractivity contribution in [1.29, 1.82) is 0 Å². The van der Waals surface area contributed by atoms with Crippen molar-refractivity contribution in [3.05, 3.63) is 53.6 Å². The number of allylic oxidation sites excluding steroid dienone is 3. The number of benzene rings is 1. The highest BCUT2D eigenvalue weighted by molar-refractivity contribution is 6.30. The first-order chi connectivity index (χ1) is 5.77. The predicted molar refractivity (Wildman–Crippen MR) is 55.3 cm³/mol. The number of halogens is 1. The van der Waals surface area contributed by atoms with Crippen molar-refractivity contribution < 1.29 is 0 Å².